The molecule has 1 aromatic heterocycles. The molecule has 0 unspecified atom stereocenters. The maximum absolute atomic E-state index is 11.9. The van der Waals surface area contributed by atoms with Crippen LogP contribution in [0, 0.1) is 0 Å². The molecule has 0 radical (unpaired) electrons. The fourth-order valence-corrected chi connectivity index (χ4v) is 2.05. The van der Waals surface area contributed by atoms with Crippen LogP contribution in [0.15, 0.2) is 12.1 Å². The van der Waals surface area contributed by atoms with E-state index in [2.05, 4.69) is 15.6 Å². The summed E-state index contributed by atoms with van der Waals surface area (Å²) in [4.78, 5) is 15.8. The normalized spacial score (nSPS) is 11.3. The van der Waals surface area contributed by atoms with Crippen molar-refractivity contribution in [2.24, 2.45) is 0 Å². The third kappa shape index (κ3) is 7.42. The third-order valence-corrected chi connectivity index (χ3v) is 3.19. The van der Waals surface area contributed by atoms with Crippen molar-refractivity contribution in [2.75, 3.05) is 24.2 Å². The Labute approximate surface area is 129 Å². The average Bonchev–Trinajstić information content (AvgIpc) is 2.39. The topological polar surface area (TPSA) is 54.0 Å². The molecule has 0 bridgehead atoms. The maximum atomic E-state index is 11.9. The molecule has 1 heterocycles. The van der Waals surface area contributed by atoms with Gasteiger partial charge in [-0.3, -0.25) is 4.79 Å². The van der Waals surface area contributed by atoms with Crippen LogP contribution in [0.1, 0.15) is 23.7 Å². The highest BCUT2D eigenvalue weighted by atomic mass is 35.5. The van der Waals surface area contributed by atoms with E-state index in [9.17, 15) is 18.0 Å². The molecule has 0 aliphatic carbocycles. The summed E-state index contributed by atoms with van der Waals surface area (Å²) < 4.78 is 35.8. The van der Waals surface area contributed by atoms with Crippen molar-refractivity contribution in [3.8, 4) is 0 Å². The van der Waals surface area contributed by atoms with Crippen LogP contribution in [0.5, 0.6) is 0 Å². The number of aromatic nitrogens is 1. The largest absolute Gasteiger partial charge is 0.441 e. The van der Waals surface area contributed by atoms with Gasteiger partial charge in [0.25, 0.3) is 5.91 Å². The van der Waals surface area contributed by atoms with E-state index < -0.39 is 11.4 Å². The fourth-order valence-electron chi connectivity index (χ4n) is 1.41. The first kappa shape index (κ1) is 17.9. The lowest BCUT2D eigenvalue weighted by atomic mass is 10.2. The van der Waals surface area contributed by atoms with Crippen LogP contribution in [0.2, 0.25) is 5.15 Å². The molecule has 1 amide bonds. The van der Waals surface area contributed by atoms with Gasteiger partial charge in [0.15, 0.2) is 0 Å². The quantitative estimate of drug-likeness (QED) is 0.588. The lowest BCUT2D eigenvalue weighted by molar-refractivity contribution is -0.0327. The van der Waals surface area contributed by atoms with E-state index in [0.717, 1.165) is 6.42 Å². The number of anilines is 1. The lowest BCUT2D eigenvalue weighted by Crippen LogP contribution is -2.26. The van der Waals surface area contributed by atoms with Gasteiger partial charge in [0, 0.05) is 24.4 Å². The monoisotopic (exact) mass is 341 g/mol. The zero-order valence-corrected chi connectivity index (χ0v) is 12.8. The summed E-state index contributed by atoms with van der Waals surface area (Å²) in [5.41, 5.74) is -4.03. The zero-order valence-electron chi connectivity index (χ0n) is 11.3. The predicted octanol–water partition coefficient (Wildman–Crippen LogP) is 3.54. The number of nitrogens with zero attached hydrogens (tertiary/aromatic N) is 1. The van der Waals surface area contributed by atoms with Gasteiger partial charge >= 0.3 is 5.51 Å². The Morgan fingerprint density at radius 2 is 2.10 bits per heavy atom. The molecule has 0 aliphatic heterocycles. The number of pyridine rings is 1. The Morgan fingerprint density at radius 1 is 1.38 bits per heavy atom. The molecule has 118 valence electrons. The van der Waals surface area contributed by atoms with Gasteiger partial charge in [0.2, 0.25) is 0 Å². The summed E-state index contributed by atoms with van der Waals surface area (Å²) in [6.45, 7) is 2.57. The number of nitrogens with one attached hydrogen (secondary N) is 2. The van der Waals surface area contributed by atoms with Crippen LogP contribution in [0.4, 0.5) is 19.0 Å². The van der Waals surface area contributed by atoms with Crippen LogP contribution in [-0.4, -0.2) is 35.2 Å². The Balaban J connectivity index is 2.55. The number of thioether (sulfide) groups is 1. The van der Waals surface area contributed by atoms with Crippen molar-refractivity contribution in [1.29, 1.82) is 0 Å². The van der Waals surface area contributed by atoms with Crippen LogP contribution in [0.25, 0.3) is 0 Å². The molecule has 9 heteroatoms. The van der Waals surface area contributed by atoms with E-state index in [1.807, 2.05) is 6.92 Å². The van der Waals surface area contributed by atoms with E-state index >= 15 is 0 Å². The van der Waals surface area contributed by atoms with Gasteiger partial charge in [-0.15, -0.1) is 0 Å². The molecular formula is C12H15ClF3N3OS. The number of hydrogen-bond donors (Lipinski definition) is 2. The minimum atomic E-state index is -4.29. The lowest BCUT2D eigenvalue weighted by Gasteiger charge is -2.09. The van der Waals surface area contributed by atoms with Gasteiger partial charge in [0.1, 0.15) is 11.0 Å². The molecule has 1 rings (SSSR count). The highest BCUT2D eigenvalue weighted by Gasteiger charge is 2.27. The van der Waals surface area contributed by atoms with Gasteiger partial charge in [0.05, 0.1) is 0 Å². The third-order valence-electron chi connectivity index (χ3n) is 2.27. The summed E-state index contributed by atoms with van der Waals surface area (Å²) in [6.07, 6.45) is 0.879. The summed E-state index contributed by atoms with van der Waals surface area (Å²) in [6, 6.07) is 2.87. The van der Waals surface area contributed by atoms with E-state index in [0.29, 0.717) is 12.4 Å². The molecule has 0 saturated carbocycles. The minimum absolute atomic E-state index is 0.0827. The second-order valence-corrected chi connectivity index (χ2v) is 5.59. The molecule has 0 aliphatic rings. The van der Waals surface area contributed by atoms with E-state index in [1.54, 1.807) is 0 Å². The number of carbonyl (C=O) groups is 1. The molecule has 0 aromatic carbocycles. The second-order valence-electron chi connectivity index (χ2n) is 4.04. The SMILES string of the molecule is CCCNc1cc(C(=O)NCCSC(F)(F)F)cc(Cl)n1. The average molecular weight is 342 g/mol. The van der Waals surface area contributed by atoms with Gasteiger partial charge in [-0.05, 0) is 30.3 Å². The molecule has 0 spiro atoms. The molecule has 0 fully saturated rings. The van der Waals surface area contributed by atoms with E-state index in [4.69, 9.17) is 11.6 Å². The number of hydrogen-bond acceptors (Lipinski definition) is 4. The van der Waals surface area contributed by atoms with E-state index in [1.165, 1.54) is 12.1 Å². The first-order chi connectivity index (χ1) is 9.81. The number of amides is 1. The van der Waals surface area contributed by atoms with Crippen molar-refractivity contribution in [3.63, 3.8) is 0 Å². The first-order valence-corrected chi connectivity index (χ1v) is 7.58. The van der Waals surface area contributed by atoms with Crippen LogP contribution in [-0.2, 0) is 0 Å². The van der Waals surface area contributed by atoms with Crippen molar-refractivity contribution in [1.82, 2.24) is 10.3 Å². The number of carbonyl (C=O) groups excluding carboxylic acids is 1. The molecule has 2 N–H and O–H groups in total. The van der Waals surface area contributed by atoms with Crippen molar-refractivity contribution in [3.05, 3.63) is 22.8 Å². The number of halogens is 4. The predicted molar refractivity (Wildman–Crippen MR) is 78.9 cm³/mol. The molecule has 0 atom stereocenters. The van der Waals surface area contributed by atoms with Gasteiger partial charge < -0.3 is 10.6 Å². The second kappa shape index (κ2) is 8.33. The molecule has 4 nitrogen and oxygen atoms in total. The zero-order chi connectivity index (χ0) is 15.9. The summed E-state index contributed by atoms with van der Waals surface area (Å²) >= 11 is 5.63. The maximum Gasteiger partial charge on any atom is 0.441 e. The van der Waals surface area contributed by atoms with Crippen molar-refractivity contribution >= 4 is 35.1 Å². The van der Waals surface area contributed by atoms with Gasteiger partial charge in [-0.2, -0.15) is 13.2 Å². The van der Waals surface area contributed by atoms with E-state index in [-0.39, 0.29) is 34.8 Å². The summed E-state index contributed by atoms with van der Waals surface area (Å²) in [5, 5.41) is 5.54. The summed E-state index contributed by atoms with van der Waals surface area (Å²) in [5.74, 6) is -0.268. The highest BCUT2D eigenvalue weighted by Crippen LogP contribution is 2.29. The van der Waals surface area contributed by atoms with Crippen molar-refractivity contribution in [2.45, 2.75) is 18.9 Å². The Morgan fingerprint density at radius 3 is 2.71 bits per heavy atom. The Hall–Kier alpha value is -1.15. The smallest absolute Gasteiger partial charge is 0.370 e. The molecule has 1 aromatic rings. The molecular weight excluding hydrogens is 327 g/mol. The van der Waals surface area contributed by atoms with Crippen LogP contribution >= 0.6 is 23.4 Å². The van der Waals surface area contributed by atoms with Gasteiger partial charge in [-0.1, -0.05) is 18.5 Å². The fraction of sp³-hybridized carbons (Fsp3) is 0.500. The van der Waals surface area contributed by atoms with Crippen LogP contribution in [0.3, 0.4) is 0 Å². The number of rotatable bonds is 7. The van der Waals surface area contributed by atoms with Crippen molar-refractivity contribution < 1.29 is 18.0 Å². The first-order valence-electron chi connectivity index (χ1n) is 6.22. The summed E-state index contributed by atoms with van der Waals surface area (Å²) in [7, 11) is 0. The molecule has 0 saturated heterocycles. The van der Waals surface area contributed by atoms with Crippen LogP contribution < -0.4 is 10.6 Å². The standard InChI is InChI=1S/C12H15ClF3N3OS/c1-2-3-17-10-7-8(6-9(13)19-10)11(20)18-4-5-21-12(14,15)16/h6-7H,2-5H2,1H3,(H,17,19)(H,18,20). The molecule has 21 heavy (non-hydrogen) atoms. The Bertz CT molecular complexity index is 485. The van der Waals surface area contributed by atoms with Gasteiger partial charge in [-0.25, -0.2) is 4.98 Å². The number of alkyl halides is 3. The Kier molecular flexibility index (Phi) is 7.10. The minimum Gasteiger partial charge on any atom is -0.370 e. The highest BCUT2D eigenvalue weighted by molar-refractivity contribution is 8.00.